The number of hydrogen-bond acceptors (Lipinski definition) is 4. The molecule has 1 heterocycles. The molecule has 1 amide bonds. The molecule has 1 rings (SSSR count). The zero-order valence-corrected chi connectivity index (χ0v) is 10.3. The maximum absolute atomic E-state index is 11.7. The summed E-state index contributed by atoms with van der Waals surface area (Å²) in [6.07, 6.45) is 0. The van der Waals surface area contributed by atoms with Gasteiger partial charge in [0.1, 0.15) is 0 Å². The first-order valence-corrected chi connectivity index (χ1v) is 5.53. The molecule has 5 heteroatoms. The molecule has 1 N–H and O–H groups in total. The first kappa shape index (κ1) is 12.7. The molecule has 0 bridgehead atoms. The van der Waals surface area contributed by atoms with Crippen LogP contribution in [-0.2, 0) is 4.79 Å². The highest BCUT2D eigenvalue weighted by atomic mass is 16.5. The number of hydrogen-bond donors (Lipinski definition) is 1. The third kappa shape index (κ3) is 3.06. The largest absolute Gasteiger partial charge is 0.338 e. The molecule has 0 aliphatic rings. The van der Waals surface area contributed by atoms with Crippen LogP contribution in [-0.4, -0.2) is 35.6 Å². The molecule has 0 radical (unpaired) electrons. The fraction of sp³-hybridized carbons (Fsp3) is 0.636. The number of nitrogens with one attached hydrogen (secondary N) is 1. The number of aryl methyl sites for hydroxylation is 1. The number of nitrogens with zero attached hydrogens (tertiary/aromatic N) is 2. The molecule has 0 saturated heterocycles. The molecule has 0 atom stereocenters. The Morgan fingerprint density at radius 2 is 2.00 bits per heavy atom. The van der Waals surface area contributed by atoms with E-state index in [1.165, 1.54) is 0 Å². The molecule has 0 saturated carbocycles. The summed E-state index contributed by atoms with van der Waals surface area (Å²) in [5.74, 6) is 0.387. The minimum Gasteiger partial charge on any atom is -0.338 e. The third-order valence-corrected chi connectivity index (χ3v) is 2.67. The first-order chi connectivity index (χ1) is 7.58. The van der Waals surface area contributed by atoms with Crippen LogP contribution in [0.5, 0.6) is 0 Å². The predicted molar refractivity (Wildman–Crippen MR) is 62.4 cm³/mol. The summed E-state index contributed by atoms with van der Waals surface area (Å²) in [5, 5.41) is 6.51. The van der Waals surface area contributed by atoms with Gasteiger partial charge in [-0.15, -0.1) is 0 Å². The molecule has 5 nitrogen and oxygen atoms in total. The van der Waals surface area contributed by atoms with Crippen molar-refractivity contribution in [2.24, 2.45) is 0 Å². The molecular weight excluding hydrogens is 206 g/mol. The van der Waals surface area contributed by atoms with Gasteiger partial charge in [-0.1, -0.05) is 19.0 Å². The van der Waals surface area contributed by atoms with E-state index in [-0.39, 0.29) is 5.91 Å². The van der Waals surface area contributed by atoms with Gasteiger partial charge < -0.3 is 4.52 Å². The molecular formula is C11H19N3O2. The lowest BCUT2D eigenvalue weighted by Crippen LogP contribution is -2.32. The Balaban J connectivity index is 2.55. The normalized spacial score (nSPS) is 10.8. The van der Waals surface area contributed by atoms with E-state index >= 15 is 0 Å². The van der Waals surface area contributed by atoms with Crippen molar-refractivity contribution in [1.82, 2.24) is 10.1 Å². The number of aromatic nitrogens is 1. The van der Waals surface area contributed by atoms with Gasteiger partial charge in [0.15, 0.2) is 0 Å². The number of carbonyl (C=O) groups excluding carboxylic acids is 1. The smallest absolute Gasteiger partial charge is 0.240 e. The van der Waals surface area contributed by atoms with Gasteiger partial charge >= 0.3 is 0 Å². The molecule has 0 spiro atoms. The second-order valence-electron chi connectivity index (χ2n) is 3.73. The van der Waals surface area contributed by atoms with E-state index in [1.54, 1.807) is 0 Å². The zero-order chi connectivity index (χ0) is 12.1. The van der Waals surface area contributed by atoms with Crippen LogP contribution in [0.1, 0.15) is 25.1 Å². The van der Waals surface area contributed by atoms with Gasteiger partial charge in [-0.25, -0.2) is 0 Å². The Kier molecular flexibility index (Phi) is 4.49. The highest BCUT2D eigenvalue weighted by molar-refractivity contribution is 5.91. The van der Waals surface area contributed by atoms with Gasteiger partial charge in [-0.05, 0) is 26.9 Å². The van der Waals surface area contributed by atoms with Gasteiger partial charge in [0.25, 0.3) is 0 Å². The Hall–Kier alpha value is -1.36. The van der Waals surface area contributed by atoms with Gasteiger partial charge in [0, 0.05) is 5.56 Å². The average molecular weight is 225 g/mol. The lowest BCUT2D eigenvalue weighted by Gasteiger charge is -2.16. The van der Waals surface area contributed by atoms with Crippen LogP contribution < -0.4 is 5.32 Å². The van der Waals surface area contributed by atoms with Crippen molar-refractivity contribution in [2.45, 2.75) is 27.7 Å². The Morgan fingerprint density at radius 3 is 2.44 bits per heavy atom. The maximum atomic E-state index is 11.7. The van der Waals surface area contributed by atoms with Crippen molar-refractivity contribution in [2.75, 3.05) is 25.0 Å². The number of amides is 1. The quantitative estimate of drug-likeness (QED) is 0.826. The van der Waals surface area contributed by atoms with Crippen molar-refractivity contribution in [1.29, 1.82) is 0 Å². The van der Waals surface area contributed by atoms with Crippen LogP contribution in [0.2, 0.25) is 0 Å². The van der Waals surface area contributed by atoms with Crippen LogP contribution in [0.3, 0.4) is 0 Å². The summed E-state index contributed by atoms with van der Waals surface area (Å²) in [5.41, 5.74) is 1.69. The first-order valence-electron chi connectivity index (χ1n) is 5.53. The van der Waals surface area contributed by atoms with E-state index in [0.717, 1.165) is 24.3 Å². The van der Waals surface area contributed by atoms with Gasteiger partial charge in [-0.2, -0.15) is 0 Å². The molecule has 0 aliphatic heterocycles. The van der Waals surface area contributed by atoms with E-state index in [1.807, 2.05) is 32.6 Å². The molecule has 1 aromatic heterocycles. The van der Waals surface area contributed by atoms with Crippen LogP contribution in [0.25, 0.3) is 0 Å². The SMILES string of the molecule is CCN(CC)CC(=O)Nc1onc(C)c1C. The molecule has 16 heavy (non-hydrogen) atoms. The van der Waals surface area contributed by atoms with Crippen LogP contribution >= 0.6 is 0 Å². The number of likely N-dealkylation sites (N-methyl/N-ethyl adjacent to an activating group) is 1. The van der Waals surface area contributed by atoms with Gasteiger partial charge in [0.05, 0.1) is 12.2 Å². The lowest BCUT2D eigenvalue weighted by atomic mass is 10.3. The minimum absolute atomic E-state index is 0.0667. The van der Waals surface area contributed by atoms with Crippen LogP contribution in [0.4, 0.5) is 5.88 Å². The average Bonchev–Trinajstić information content (AvgIpc) is 2.58. The summed E-state index contributed by atoms with van der Waals surface area (Å²) in [6, 6.07) is 0. The molecule has 1 aromatic rings. The second-order valence-corrected chi connectivity index (χ2v) is 3.73. The Labute approximate surface area is 95.8 Å². The van der Waals surface area contributed by atoms with E-state index in [2.05, 4.69) is 10.5 Å². The lowest BCUT2D eigenvalue weighted by molar-refractivity contribution is -0.117. The maximum Gasteiger partial charge on any atom is 0.240 e. The minimum atomic E-state index is -0.0667. The number of rotatable bonds is 5. The molecule has 0 aliphatic carbocycles. The summed E-state index contributed by atoms with van der Waals surface area (Å²) in [4.78, 5) is 13.7. The number of anilines is 1. The van der Waals surface area contributed by atoms with Crippen molar-refractivity contribution >= 4 is 11.8 Å². The van der Waals surface area contributed by atoms with E-state index in [4.69, 9.17) is 4.52 Å². The van der Waals surface area contributed by atoms with E-state index < -0.39 is 0 Å². The third-order valence-electron chi connectivity index (χ3n) is 2.67. The predicted octanol–water partition coefficient (Wildman–Crippen LogP) is 1.57. The fourth-order valence-electron chi connectivity index (χ4n) is 1.35. The summed E-state index contributed by atoms with van der Waals surface area (Å²) in [7, 11) is 0. The topological polar surface area (TPSA) is 58.4 Å². The van der Waals surface area contributed by atoms with E-state index in [9.17, 15) is 4.79 Å². The van der Waals surface area contributed by atoms with Crippen LogP contribution in [0.15, 0.2) is 4.52 Å². The van der Waals surface area contributed by atoms with Crippen LogP contribution in [0, 0.1) is 13.8 Å². The van der Waals surface area contributed by atoms with Gasteiger partial charge in [-0.3, -0.25) is 15.0 Å². The monoisotopic (exact) mass is 225 g/mol. The highest BCUT2D eigenvalue weighted by Gasteiger charge is 2.13. The van der Waals surface area contributed by atoms with Gasteiger partial charge in [0.2, 0.25) is 11.8 Å². The Bertz CT molecular complexity index is 356. The summed E-state index contributed by atoms with van der Waals surface area (Å²) in [6.45, 7) is 9.88. The van der Waals surface area contributed by atoms with E-state index in [0.29, 0.717) is 12.4 Å². The van der Waals surface area contributed by atoms with Crippen molar-refractivity contribution in [3.8, 4) is 0 Å². The zero-order valence-electron chi connectivity index (χ0n) is 10.3. The Morgan fingerprint density at radius 1 is 1.38 bits per heavy atom. The summed E-state index contributed by atoms with van der Waals surface area (Å²) < 4.78 is 5.01. The van der Waals surface area contributed by atoms with Crippen molar-refractivity contribution in [3.63, 3.8) is 0 Å². The fourth-order valence-corrected chi connectivity index (χ4v) is 1.35. The van der Waals surface area contributed by atoms with Crippen molar-refractivity contribution < 1.29 is 9.32 Å². The molecule has 0 unspecified atom stereocenters. The highest BCUT2D eigenvalue weighted by Crippen LogP contribution is 2.16. The molecule has 0 aromatic carbocycles. The molecule has 0 fully saturated rings. The molecule has 90 valence electrons. The summed E-state index contributed by atoms with van der Waals surface area (Å²) >= 11 is 0. The van der Waals surface area contributed by atoms with Crippen molar-refractivity contribution in [3.05, 3.63) is 11.3 Å². The second kappa shape index (κ2) is 5.65. The number of carbonyl (C=O) groups is 1. The standard InChI is InChI=1S/C11H19N3O2/c1-5-14(6-2)7-10(15)12-11-8(3)9(4)13-16-11/h5-7H2,1-4H3,(H,12,15).